The number of nitrogens with zero attached hydrogens (tertiary/aromatic N) is 2. The number of aromatic nitrogens is 1. The van der Waals surface area contributed by atoms with Crippen molar-refractivity contribution in [3.8, 4) is 19.4 Å². The van der Waals surface area contributed by atoms with E-state index in [-0.39, 0.29) is 29.5 Å². The van der Waals surface area contributed by atoms with E-state index in [0.29, 0.717) is 24.6 Å². The van der Waals surface area contributed by atoms with Crippen molar-refractivity contribution in [1.82, 2.24) is 10.3 Å². The highest BCUT2D eigenvalue weighted by molar-refractivity contribution is 6.03. The molecule has 2 atom stereocenters. The molecule has 1 saturated heterocycles. The number of rotatable bonds is 7. The smallest absolute Gasteiger partial charge is 0.383 e. The number of amidine groups is 1. The van der Waals surface area contributed by atoms with E-state index in [4.69, 9.17) is 15.7 Å². The second-order valence-electron chi connectivity index (χ2n) is 7.27. The highest BCUT2D eigenvalue weighted by Crippen LogP contribution is 2.33. The Bertz CT molecular complexity index is 1030. The minimum Gasteiger partial charge on any atom is -0.383 e. The molecule has 1 aliphatic heterocycles. The van der Waals surface area contributed by atoms with Gasteiger partial charge in [0.25, 0.3) is 5.56 Å². The van der Waals surface area contributed by atoms with Gasteiger partial charge in [0.1, 0.15) is 17.4 Å². The largest absolute Gasteiger partial charge is 0.407 e. The molecule has 0 aliphatic carbocycles. The lowest BCUT2D eigenvalue weighted by Crippen LogP contribution is -2.34. The number of halogens is 3. The van der Waals surface area contributed by atoms with Gasteiger partial charge < -0.3 is 26.1 Å². The number of H-pyrrole nitrogens is 1. The van der Waals surface area contributed by atoms with Crippen LogP contribution in [0.15, 0.2) is 46.3 Å². The maximum Gasteiger partial charge on any atom is 0.407 e. The van der Waals surface area contributed by atoms with Crippen molar-refractivity contribution in [2.75, 3.05) is 25.1 Å². The number of nitriles is 1. The Morgan fingerprint density at radius 3 is 2.49 bits per heavy atom. The standard InChI is InChI=1S/C21H26F3N5O2.C2H2.CHN/c1-2-26-18(21(22,23)24)13-5-7-14(8-6-13)29-19(25)17-16(9-10-27-20(17)30)28-15-4-3-11-31-12-15;2*1-2/h5-10,15,18,26H,2-4,11-12H2,1H3,(H2,25,29)(H2,27,28,30);1-2H;1H/t15-,18?;;/m1../s1. The van der Waals surface area contributed by atoms with Crippen LogP contribution < -0.4 is 21.9 Å². The molecule has 2 aromatic rings. The van der Waals surface area contributed by atoms with Crippen LogP contribution in [0.25, 0.3) is 0 Å². The zero-order chi connectivity index (χ0) is 26.4. The van der Waals surface area contributed by atoms with Gasteiger partial charge in [-0.3, -0.25) is 4.79 Å². The molecular weight excluding hydrogens is 461 g/mol. The van der Waals surface area contributed by atoms with Gasteiger partial charge in [-0.05, 0) is 43.1 Å². The minimum atomic E-state index is -4.42. The zero-order valence-corrected chi connectivity index (χ0v) is 19.3. The van der Waals surface area contributed by atoms with Crippen molar-refractivity contribution < 1.29 is 17.9 Å². The summed E-state index contributed by atoms with van der Waals surface area (Å²) in [6, 6.07) is 5.56. The van der Waals surface area contributed by atoms with Crippen LogP contribution in [0, 0.1) is 24.7 Å². The molecule has 1 aromatic heterocycles. The molecule has 2 heterocycles. The van der Waals surface area contributed by atoms with Crippen molar-refractivity contribution in [1.29, 1.82) is 5.26 Å². The minimum absolute atomic E-state index is 0.0344. The first-order valence-electron chi connectivity index (χ1n) is 10.7. The van der Waals surface area contributed by atoms with Crippen molar-refractivity contribution in [3.05, 3.63) is 58.0 Å². The lowest BCUT2D eigenvalue weighted by atomic mass is 10.1. The predicted octanol–water partition coefficient (Wildman–Crippen LogP) is 3.60. The van der Waals surface area contributed by atoms with E-state index in [9.17, 15) is 18.0 Å². The molecule has 0 radical (unpaired) electrons. The number of benzene rings is 1. The molecule has 5 N–H and O–H groups in total. The Kier molecular flexibility index (Phi) is 12.1. The summed E-state index contributed by atoms with van der Waals surface area (Å²) in [7, 11) is 0. The first kappa shape index (κ1) is 29.2. The van der Waals surface area contributed by atoms with Crippen molar-refractivity contribution in [2.45, 2.75) is 38.0 Å². The number of aromatic amines is 1. The first-order valence-corrected chi connectivity index (χ1v) is 10.7. The molecule has 11 heteroatoms. The van der Waals surface area contributed by atoms with E-state index < -0.39 is 17.8 Å². The summed E-state index contributed by atoms with van der Waals surface area (Å²) in [6.45, 7) is 6.52. The highest BCUT2D eigenvalue weighted by atomic mass is 19.4. The molecule has 3 rings (SSSR count). The molecule has 1 unspecified atom stereocenters. The molecule has 0 amide bonds. The number of nitrogens with one attached hydrogen (secondary N) is 3. The van der Waals surface area contributed by atoms with Crippen LogP contribution in [0.2, 0.25) is 0 Å². The average Bonchev–Trinajstić information content (AvgIpc) is 2.86. The second-order valence-corrected chi connectivity index (χ2v) is 7.27. The summed E-state index contributed by atoms with van der Waals surface area (Å²) in [5.74, 6) is -0.0344. The number of hydrogen-bond donors (Lipinski definition) is 4. The summed E-state index contributed by atoms with van der Waals surface area (Å²) in [5.41, 5.74) is 6.82. The Labute approximate surface area is 202 Å². The molecule has 0 saturated carbocycles. The zero-order valence-electron chi connectivity index (χ0n) is 19.3. The molecule has 1 aliphatic rings. The number of aliphatic imine (C=N–C) groups is 1. The van der Waals surface area contributed by atoms with Crippen molar-refractivity contribution in [3.63, 3.8) is 0 Å². The SMILES string of the molecule is C#C.C#N.CCNC(c1ccc(N=C(N)c2c(N[C@@H]3CCCOC3)cc[nH]c2=O)cc1)C(F)(F)F. The van der Waals surface area contributed by atoms with E-state index in [1.54, 1.807) is 13.0 Å². The summed E-state index contributed by atoms with van der Waals surface area (Å²) in [4.78, 5) is 19.3. The maximum absolute atomic E-state index is 13.2. The summed E-state index contributed by atoms with van der Waals surface area (Å²) in [5, 5.41) is 12.2. The van der Waals surface area contributed by atoms with Gasteiger partial charge >= 0.3 is 6.18 Å². The van der Waals surface area contributed by atoms with Crippen LogP contribution in [-0.4, -0.2) is 42.8 Å². The highest BCUT2D eigenvalue weighted by Gasteiger charge is 2.40. The van der Waals surface area contributed by atoms with Gasteiger partial charge in [-0.2, -0.15) is 13.2 Å². The lowest BCUT2D eigenvalue weighted by molar-refractivity contribution is -0.157. The number of nitrogens with two attached hydrogens (primary N) is 1. The van der Waals surface area contributed by atoms with Crippen LogP contribution in [0.4, 0.5) is 24.5 Å². The Hall–Kier alpha value is -3.80. The second kappa shape index (κ2) is 14.5. The number of terminal acetylenes is 1. The van der Waals surface area contributed by atoms with Gasteiger partial charge in [0, 0.05) is 25.4 Å². The number of hydrogen-bond acceptors (Lipinski definition) is 6. The Morgan fingerprint density at radius 2 is 1.94 bits per heavy atom. The van der Waals surface area contributed by atoms with E-state index in [1.165, 1.54) is 30.5 Å². The lowest BCUT2D eigenvalue weighted by Gasteiger charge is -2.25. The molecule has 1 aromatic carbocycles. The van der Waals surface area contributed by atoms with Crippen LogP contribution >= 0.6 is 0 Å². The molecular formula is C24H29F3N6O2. The number of alkyl halides is 3. The van der Waals surface area contributed by atoms with E-state index in [1.807, 2.05) is 0 Å². The van der Waals surface area contributed by atoms with Crippen molar-refractivity contribution >= 4 is 17.2 Å². The van der Waals surface area contributed by atoms with Crippen LogP contribution in [0.1, 0.15) is 36.9 Å². The topological polar surface area (TPSA) is 128 Å². The monoisotopic (exact) mass is 490 g/mol. The molecule has 188 valence electrons. The fourth-order valence-electron chi connectivity index (χ4n) is 3.49. The Balaban J connectivity index is 0.00000145. The van der Waals surface area contributed by atoms with Gasteiger partial charge in [0.15, 0.2) is 0 Å². The predicted molar refractivity (Wildman–Crippen MR) is 130 cm³/mol. The van der Waals surface area contributed by atoms with Crippen LogP contribution in [0.5, 0.6) is 0 Å². The first-order chi connectivity index (χ1) is 16.8. The summed E-state index contributed by atoms with van der Waals surface area (Å²) >= 11 is 0. The van der Waals surface area contributed by atoms with Crippen molar-refractivity contribution in [2.24, 2.45) is 10.7 Å². The maximum atomic E-state index is 13.2. The quantitative estimate of drug-likeness (QED) is 0.267. The fraction of sp³-hybridized carbons (Fsp3) is 0.375. The molecule has 35 heavy (non-hydrogen) atoms. The third-order valence-electron chi connectivity index (χ3n) is 4.95. The van der Waals surface area contributed by atoms with Crippen LogP contribution in [-0.2, 0) is 4.74 Å². The average molecular weight is 491 g/mol. The number of ether oxygens (including phenoxy) is 1. The normalized spacial score (nSPS) is 16.6. The number of pyridine rings is 1. The summed E-state index contributed by atoms with van der Waals surface area (Å²) in [6.07, 6.45) is 6.91. The summed E-state index contributed by atoms with van der Waals surface area (Å²) < 4.78 is 45.2. The molecule has 8 nitrogen and oxygen atoms in total. The van der Waals surface area contributed by atoms with Gasteiger partial charge in [-0.15, -0.1) is 12.8 Å². The number of anilines is 1. The van der Waals surface area contributed by atoms with Gasteiger partial charge in [0.05, 0.1) is 18.0 Å². The molecule has 0 spiro atoms. The fourth-order valence-corrected chi connectivity index (χ4v) is 3.49. The molecule has 1 fully saturated rings. The van der Waals surface area contributed by atoms with E-state index >= 15 is 0 Å². The van der Waals surface area contributed by atoms with Gasteiger partial charge in [-0.1, -0.05) is 19.1 Å². The van der Waals surface area contributed by atoms with Gasteiger partial charge in [-0.25, -0.2) is 10.3 Å². The van der Waals surface area contributed by atoms with Gasteiger partial charge in [0.2, 0.25) is 0 Å². The van der Waals surface area contributed by atoms with E-state index in [2.05, 4.69) is 40.0 Å². The third kappa shape index (κ3) is 8.49. The Morgan fingerprint density at radius 1 is 1.29 bits per heavy atom. The van der Waals surface area contributed by atoms with Crippen LogP contribution in [0.3, 0.4) is 0 Å². The third-order valence-corrected chi connectivity index (χ3v) is 4.95. The van der Waals surface area contributed by atoms with E-state index in [0.717, 1.165) is 12.8 Å². The molecule has 0 bridgehead atoms.